The summed E-state index contributed by atoms with van der Waals surface area (Å²) in [7, 11) is -3.88. The van der Waals surface area contributed by atoms with E-state index in [4.69, 9.17) is 0 Å². The van der Waals surface area contributed by atoms with E-state index in [9.17, 15) is 18.0 Å². The molecular weight excluding hydrogens is 382 g/mol. The van der Waals surface area contributed by atoms with Gasteiger partial charge in [0.1, 0.15) is 10.6 Å². The number of aromatic amines is 2. The molecule has 28 heavy (non-hydrogen) atoms. The monoisotopic (exact) mass is 407 g/mol. The minimum Gasteiger partial charge on any atom is -0.356 e. The second kappa shape index (κ2) is 8.27. The third-order valence-corrected chi connectivity index (χ3v) is 6.38. The number of nitrogens with zero attached hydrogens (tertiary/aromatic N) is 2. The minimum absolute atomic E-state index is 0.0331. The van der Waals surface area contributed by atoms with Crippen LogP contribution in [0.2, 0.25) is 0 Å². The van der Waals surface area contributed by atoms with Gasteiger partial charge in [-0.3, -0.25) is 9.59 Å². The maximum absolute atomic E-state index is 12.6. The van der Waals surface area contributed by atoms with Crippen LogP contribution in [0.1, 0.15) is 54.0 Å². The number of carbonyl (C=O) groups is 1. The van der Waals surface area contributed by atoms with E-state index in [-0.39, 0.29) is 23.0 Å². The van der Waals surface area contributed by atoms with Gasteiger partial charge in [-0.2, -0.15) is 5.10 Å². The second-order valence-corrected chi connectivity index (χ2v) is 8.50. The van der Waals surface area contributed by atoms with Crippen LogP contribution in [-0.2, 0) is 29.4 Å². The quantitative estimate of drug-likeness (QED) is 0.629. The van der Waals surface area contributed by atoms with Gasteiger partial charge in [-0.15, -0.1) is 0 Å². The van der Waals surface area contributed by atoms with Crippen LogP contribution < -0.4 is 10.3 Å². The number of aromatic nitrogens is 3. The molecule has 0 saturated carbocycles. The number of sulfonamides is 1. The number of hydrogen-bond donors (Lipinski definition) is 3. The molecule has 0 spiro atoms. The summed E-state index contributed by atoms with van der Waals surface area (Å²) in [6.07, 6.45) is 4.42. The molecule has 2 aromatic heterocycles. The lowest BCUT2D eigenvalue weighted by Gasteiger charge is -2.13. The van der Waals surface area contributed by atoms with Gasteiger partial charge < -0.3 is 9.88 Å². The number of aryl methyl sites for hydroxylation is 1. The van der Waals surface area contributed by atoms with E-state index >= 15 is 0 Å². The predicted octanol–water partition coefficient (Wildman–Crippen LogP) is 0.937. The number of rotatable bonds is 7. The van der Waals surface area contributed by atoms with Crippen molar-refractivity contribution in [2.75, 3.05) is 13.1 Å². The largest absolute Gasteiger partial charge is 0.356 e. The van der Waals surface area contributed by atoms with Crippen LogP contribution in [0, 0.1) is 0 Å². The zero-order chi connectivity index (χ0) is 20.3. The van der Waals surface area contributed by atoms with E-state index in [1.54, 1.807) is 4.90 Å². The average Bonchev–Trinajstić information content (AvgIpc) is 3.38. The van der Waals surface area contributed by atoms with Gasteiger partial charge in [-0.1, -0.05) is 13.8 Å². The molecule has 0 aromatic carbocycles. The van der Waals surface area contributed by atoms with Crippen LogP contribution in [-0.4, -0.2) is 47.5 Å². The molecule has 3 N–H and O–H groups in total. The SMILES string of the molecule is CCc1n[nH]c(=O)c(CNS(=O)(=O)c2c[nH]c(C(=O)N3CCCC3)c2)c1CC. The molecule has 3 heterocycles. The van der Waals surface area contributed by atoms with Crippen molar-refractivity contribution in [3.05, 3.63) is 45.1 Å². The highest BCUT2D eigenvalue weighted by Gasteiger charge is 2.24. The van der Waals surface area contributed by atoms with Crippen LogP contribution in [0.25, 0.3) is 0 Å². The summed E-state index contributed by atoms with van der Waals surface area (Å²) in [5.41, 5.74) is 1.70. The Morgan fingerprint density at radius 3 is 2.57 bits per heavy atom. The van der Waals surface area contributed by atoms with Gasteiger partial charge in [-0.25, -0.2) is 18.2 Å². The van der Waals surface area contributed by atoms with E-state index in [2.05, 4.69) is 19.9 Å². The van der Waals surface area contributed by atoms with Gasteiger partial charge in [0.05, 0.1) is 5.69 Å². The first kappa shape index (κ1) is 20.3. The zero-order valence-corrected chi connectivity index (χ0v) is 16.9. The van der Waals surface area contributed by atoms with E-state index in [0.29, 0.717) is 31.5 Å². The molecule has 0 atom stereocenters. The molecule has 1 saturated heterocycles. The molecule has 9 nitrogen and oxygen atoms in total. The van der Waals surface area contributed by atoms with Crippen molar-refractivity contribution in [1.29, 1.82) is 0 Å². The Morgan fingerprint density at radius 2 is 1.93 bits per heavy atom. The summed E-state index contributed by atoms with van der Waals surface area (Å²) in [4.78, 5) is 29.0. The molecule has 1 aliphatic rings. The maximum atomic E-state index is 12.6. The molecular formula is C18H25N5O4S. The smallest absolute Gasteiger partial charge is 0.270 e. The van der Waals surface area contributed by atoms with Gasteiger partial charge in [-0.05, 0) is 37.3 Å². The van der Waals surface area contributed by atoms with Crippen molar-refractivity contribution in [2.45, 2.75) is 51.0 Å². The Kier molecular flexibility index (Phi) is 5.99. The third kappa shape index (κ3) is 4.02. The molecule has 1 fully saturated rings. The lowest BCUT2D eigenvalue weighted by Crippen LogP contribution is -2.29. The summed E-state index contributed by atoms with van der Waals surface area (Å²) < 4.78 is 27.7. The Balaban J connectivity index is 1.78. The lowest BCUT2D eigenvalue weighted by atomic mass is 10.0. The number of amides is 1. The fourth-order valence-corrected chi connectivity index (χ4v) is 4.44. The first-order chi connectivity index (χ1) is 13.4. The van der Waals surface area contributed by atoms with Gasteiger partial charge >= 0.3 is 0 Å². The van der Waals surface area contributed by atoms with Crippen molar-refractivity contribution in [2.24, 2.45) is 0 Å². The second-order valence-electron chi connectivity index (χ2n) is 6.74. The first-order valence-electron chi connectivity index (χ1n) is 9.44. The van der Waals surface area contributed by atoms with Gasteiger partial charge in [0.25, 0.3) is 11.5 Å². The number of H-pyrrole nitrogens is 2. The molecule has 0 radical (unpaired) electrons. The summed E-state index contributed by atoms with van der Waals surface area (Å²) in [5, 5.41) is 6.45. The van der Waals surface area contributed by atoms with Crippen LogP contribution in [0.4, 0.5) is 0 Å². The first-order valence-corrected chi connectivity index (χ1v) is 10.9. The Morgan fingerprint density at radius 1 is 1.21 bits per heavy atom. The van der Waals surface area contributed by atoms with Gasteiger partial charge in [0, 0.05) is 31.4 Å². The van der Waals surface area contributed by atoms with Crippen LogP contribution >= 0.6 is 0 Å². The third-order valence-electron chi connectivity index (χ3n) is 5.00. The molecule has 10 heteroatoms. The van der Waals surface area contributed by atoms with E-state index < -0.39 is 15.6 Å². The topological polar surface area (TPSA) is 128 Å². The Bertz CT molecular complexity index is 1020. The molecule has 152 valence electrons. The van der Waals surface area contributed by atoms with Crippen molar-refractivity contribution in [1.82, 2.24) is 24.8 Å². The van der Waals surface area contributed by atoms with E-state index in [1.807, 2.05) is 13.8 Å². The zero-order valence-electron chi connectivity index (χ0n) is 16.0. The maximum Gasteiger partial charge on any atom is 0.270 e. The standard InChI is InChI=1S/C18H25N5O4S/c1-3-13-14(17(24)22-21-15(13)4-2)11-20-28(26,27)12-9-16(19-10-12)18(25)23-7-5-6-8-23/h9-10,19-20H,3-8,11H2,1-2H3,(H,22,24). The van der Waals surface area contributed by atoms with Gasteiger partial charge in [0.15, 0.2) is 0 Å². The van der Waals surface area contributed by atoms with Crippen LogP contribution in [0.5, 0.6) is 0 Å². The highest BCUT2D eigenvalue weighted by molar-refractivity contribution is 7.89. The summed E-state index contributed by atoms with van der Waals surface area (Å²) >= 11 is 0. The Hall–Kier alpha value is -2.46. The van der Waals surface area contributed by atoms with Crippen molar-refractivity contribution < 1.29 is 13.2 Å². The molecule has 2 aromatic rings. The minimum atomic E-state index is -3.88. The van der Waals surface area contributed by atoms with Crippen molar-refractivity contribution in [3.8, 4) is 0 Å². The van der Waals surface area contributed by atoms with Crippen molar-refractivity contribution in [3.63, 3.8) is 0 Å². The fourth-order valence-electron chi connectivity index (χ4n) is 3.46. The van der Waals surface area contributed by atoms with E-state index in [0.717, 1.165) is 24.1 Å². The number of hydrogen-bond acceptors (Lipinski definition) is 5. The van der Waals surface area contributed by atoms with Crippen LogP contribution in [0.3, 0.4) is 0 Å². The highest BCUT2D eigenvalue weighted by atomic mass is 32.2. The molecule has 0 aliphatic carbocycles. The summed E-state index contributed by atoms with van der Waals surface area (Å²) in [6, 6.07) is 1.33. The number of likely N-dealkylation sites (tertiary alicyclic amines) is 1. The van der Waals surface area contributed by atoms with Gasteiger partial charge in [0.2, 0.25) is 10.0 Å². The molecule has 3 rings (SSSR count). The Labute approximate surface area is 163 Å². The van der Waals surface area contributed by atoms with Crippen LogP contribution in [0.15, 0.2) is 22.0 Å². The lowest BCUT2D eigenvalue weighted by molar-refractivity contribution is 0.0787. The number of carbonyl (C=O) groups excluding carboxylic acids is 1. The highest BCUT2D eigenvalue weighted by Crippen LogP contribution is 2.17. The molecule has 0 bridgehead atoms. The number of nitrogens with one attached hydrogen (secondary N) is 3. The normalized spacial score (nSPS) is 14.6. The predicted molar refractivity (Wildman–Crippen MR) is 104 cm³/mol. The van der Waals surface area contributed by atoms with E-state index in [1.165, 1.54) is 12.3 Å². The summed E-state index contributed by atoms with van der Waals surface area (Å²) in [6.45, 7) is 5.05. The fraction of sp³-hybridized carbons (Fsp3) is 0.500. The molecule has 0 unspecified atom stereocenters. The molecule has 1 amide bonds. The average molecular weight is 407 g/mol. The van der Waals surface area contributed by atoms with Crippen molar-refractivity contribution >= 4 is 15.9 Å². The summed E-state index contributed by atoms with van der Waals surface area (Å²) in [5.74, 6) is -0.203. The molecule has 1 aliphatic heterocycles.